The molecule has 2 aromatic carbocycles. The maximum absolute atomic E-state index is 6.44. The first kappa shape index (κ1) is 24.1. The van der Waals surface area contributed by atoms with Crippen LogP contribution in [0, 0.1) is 0 Å². The van der Waals surface area contributed by atoms with Gasteiger partial charge in [-0.1, -0.05) is 105 Å². The number of ether oxygens (including phenoxy) is 2. The Bertz CT molecular complexity index is 845. The van der Waals surface area contributed by atoms with Crippen molar-refractivity contribution >= 4 is 92.8 Å². The highest BCUT2D eigenvalue weighted by atomic mass is 35.5. The molecule has 150 valence electrons. The van der Waals surface area contributed by atoms with E-state index in [0.717, 1.165) is 0 Å². The summed E-state index contributed by atoms with van der Waals surface area (Å²) in [6.07, 6.45) is 6.03. The zero-order valence-electron chi connectivity index (χ0n) is 14.1. The predicted octanol–water partition coefficient (Wildman–Crippen LogP) is 10.4. The highest BCUT2D eigenvalue weighted by molar-refractivity contribution is 6.55. The summed E-state index contributed by atoms with van der Waals surface area (Å²) in [6, 6.07) is 0. The van der Waals surface area contributed by atoms with Gasteiger partial charge in [-0.05, 0) is 13.8 Å². The second-order valence-electron chi connectivity index (χ2n) is 5.09. The van der Waals surface area contributed by atoms with Crippen molar-refractivity contribution in [3.05, 3.63) is 64.9 Å². The molecule has 2 rings (SSSR count). The maximum atomic E-state index is 6.44. The topological polar surface area (TPSA) is 18.5 Å². The fourth-order valence-electron chi connectivity index (χ4n) is 2.14. The fourth-order valence-corrected chi connectivity index (χ4v) is 4.37. The summed E-state index contributed by atoms with van der Waals surface area (Å²) < 4.78 is 10.8. The van der Waals surface area contributed by atoms with E-state index in [-0.39, 0.29) is 62.8 Å². The number of hydrogen-bond acceptors (Lipinski definition) is 2. The summed E-state index contributed by atoms with van der Waals surface area (Å²) >= 11 is 51.0. The standard InChI is InChI=1S/C18H10Cl8O2/c1-3-5-27-17-13(23)9(19)7(10(20)14(17)24)8-11(21)15(25)18(28-6-4-2)16(26)12(8)22/h3-6H,1-2H3. The highest BCUT2D eigenvalue weighted by Crippen LogP contribution is 2.56. The average molecular weight is 542 g/mol. The van der Waals surface area contributed by atoms with Crippen LogP contribution in [0.5, 0.6) is 11.5 Å². The minimum Gasteiger partial charge on any atom is -0.462 e. The Kier molecular flexibility index (Phi) is 8.82. The molecular weight excluding hydrogens is 532 g/mol. The molecule has 0 saturated carbocycles. The van der Waals surface area contributed by atoms with Gasteiger partial charge in [-0.3, -0.25) is 0 Å². The van der Waals surface area contributed by atoms with E-state index in [4.69, 9.17) is 102 Å². The zero-order chi connectivity index (χ0) is 21.2. The molecule has 0 fully saturated rings. The minimum absolute atomic E-state index is 0.00799. The minimum atomic E-state index is 0.00799. The lowest BCUT2D eigenvalue weighted by Gasteiger charge is -2.19. The smallest absolute Gasteiger partial charge is 0.166 e. The molecule has 2 aromatic rings. The van der Waals surface area contributed by atoms with Gasteiger partial charge >= 0.3 is 0 Å². The second-order valence-corrected chi connectivity index (χ2v) is 8.12. The van der Waals surface area contributed by atoms with Crippen LogP contribution in [0.2, 0.25) is 40.2 Å². The number of rotatable bonds is 5. The van der Waals surface area contributed by atoms with E-state index in [1.54, 1.807) is 26.0 Å². The molecule has 28 heavy (non-hydrogen) atoms. The lowest BCUT2D eigenvalue weighted by atomic mass is 10.0. The van der Waals surface area contributed by atoms with Crippen LogP contribution in [0.4, 0.5) is 0 Å². The largest absolute Gasteiger partial charge is 0.462 e. The van der Waals surface area contributed by atoms with Gasteiger partial charge in [0, 0.05) is 11.1 Å². The molecule has 0 bridgehead atoms. The van der Waals surface area contributed by atoms with Crippen molar-refractivity contribution in [3.8, 4) is 22.6 Å². The molecule has 0 N–H and O–H groups in total. The van der Waals surface area contributed by atoms with E-state index < -0.39 is 0 Å². The molecule has 0 aliphatic rings. The lowest BCUT2D eigenvalue weighted by molar-refractivity contribution is 0.480. The Labute approximate surface area is 202 Å². The molecule has 0 saturated heterocycles. The van der Waals surface area contributed by atoms with Gasteiger partial charge in [-0.15, -0.1) is 0 Å². The van der Waals surface area contributed by atoms with Gasteiger partial charge in [0.1, 0.15) is 20.1 Å². The number of benzene rings is 2. The van der Waals surface area contributed by atoms with Crippen molar-refractivity contribution in [2.75, 3.05) is 0 Å². The Hall–Kier alpha value is -0.160. The molecule has 0 radical (unpaired) electrons. The van der Waals surface area contributed by atoms with E-state index >= 15 is 0 Å². The van der Waals surface area contributed by atoms with Crippen LogP contribution in [0.3, 0.4) is 0 Å². The van der Waals surface area contributed by atoms with Crippen LogP contribution in [0.15, 0.2) is 24.7 Å². The summed E-state index contributed by atoms with van der Waals surface area (Å²) in [5.74, 6) is 0.162. The van der Waals surface area contributed by atoms with Gasteiger partial charge < -0.3 is 9.47 Å². The van der Waals surface area contributed by atoms with E-state index in [1.165, 1.54) is 12.5 Å². The Morgan fingerprint density at radius 1 is 0.464 bits per heavy atom. The van der Waals surface area contributed by atoms with Crippen LogP contribution in [-0.2, 0) is 0 Å². The Morgan fingerprint density at radius 3 is 0.929 bits per heavy atom. The number of halogens is 8. The molecule has 0 heterocycles. The summed E-state index contributed by atoms with van der Waals surface area (Å²) in [5.41, 5.74) is 0.310. The van der Waals surface area contributed by atoms with Crippen molar-refractivity contribution in [1.29, 1.82) is 0 Å². The van der Waals surface area contributed by atoms with Gasteiger partial charge in [-0.25, -0.2) is 0 Å². The van der Waals surface area contributed by atoms with Gasteiger partial charge in [-0.2, -0.15) is 0 Å². The molecule has 0 aromatic heterocycles. The Balaban J connectivity index is 2.86. The van der Waals surface area contributed by atoms with Crippen molar-refractivity contribution in [3.63, 3.8) is 0 Å². The molecule has 0 aliphatic carbocycles. The molecule has 10 heteroatoms. The van der Waals surface area contributed by atoms with Crippen LogP contribution in [0.25, 0.3) is 11.1 Å². The van der Waals surface area contributed by atoms with Crippen molar-refractivity contribution in [1.82, 2.24) is 0 Å². The third-order valence-electron chi connectivity index (χ3n) is 3.34. The van der Waals surface area contributed by atoms with Crippen molar-refractivity contribution in [2.24, 2.45) is 0 Å². The zero-order valence-corrected chi connectivity index (χ0v) is 20.2. The monoisotopic (exact) mass is 538 g/mol. The molecule has 2 nitrogen and oxygen atoms in total. The Morgan fingerprint density at radius 2 is 0.714 bits per heavy atom. The third-order valence-corrected chi connectivity index (χ3v) is 6.68. The van der Waals surface area contributed by atoms with E-state index in [1.807, 2.05) is 0 Å². The molecule has 0 amide bonds. The molecule has 0 spiro atoms. The van der Waals surface area contributed by atoms with Crippen LogP contribution in [-0.4, -0.2) is 0 Å². The van der Waals surface area contributed by atoms with Gasteiger partial charge in [0.15, 0.2) is 11.5 Å². The second kappa shape index (κ2) is 10.2. The summed E-state index contributed by atoms with van der Waals surface area (Å²) in [6.45, 7) is 3.50. The van der Waals surface area contributed by atoms with Crippen LogP contribution in [0.1, 0.15) is 13.8 Å². The van der Waals surface area contributed by atoms with E-state index in [9.17, 15) is 0 Å². The normalized spacial score (nSPS) is 11.6. The summed E-state index contributed by atoms with van der Waals surface area (Å²) in [5, 5.41) is 0.0793. The van der Waals surface area contributed by atoms with Gasteiger partial charge in [0.2, 0.25) is 0 Å². The van der Waals surface area contributed by atoms with E-state index in [2.05, 4.69) is 0 Å². The quantitative estimate of drug-likeness (QED) is 0.277. The van der Waals surface area contributed by atoms with Crippen LogP contribution < -0.4 is 9.47 Å². The highest BCUT2D eigenvalue weighted by Gasteiger charge is 2.29. The first-order valence-electron chi connectivity index (χ1n) is 7.46. The summed E-state index contributed by atoms with van der Waals surface area (Å²) in [4.78, 5) is 0. The third kappa shape index (κ3) is 4.45. The fraction of sp³-hybridized carbons (Fsp3) is 0.111. The van der Waals surface area contributed by atoms with Gasteiger partial charge in [0.05, 0.1) is 32.6 Å². The van der Waals surface area contributed by atoms with Crippen molar-refractivity contribution < 1.29 is 9.47 Å². The van der Waals surface area contributed by atoms with Gasteiger partial charge in [0.25, 0.3) is 0 Å². The number of allylic oxidation sites excluding steroid dienone is 2. The summed E-state index contributed by atoms with van der Waals surface area (Å²) in [7, 11) is 0. The molecule has 0 aliphatic heterocycles. The van der Waals surface area contributed by atoms with E-state index in [0.29, 0.717) is 0 Å². The first-order chi connectivity index (χ1) is 13.2. The van der Waals surface area contributed by atoms with Crippen molar-refractivity contribution in [2.45, 2.75) is 13.8 Å². The van der Waals surface area contributed by atoms with Crippen LogP contribution >= 0.6 is 92.8 Å². The SMILES string of the molecule is CC=COc1c(Cl)c(Cl)c(-c2c(Cl)c(Cl)c(OC=CC)c(Cl)c2Cl)c(Cl)c1Cl. The molecule has 0 atom stereocenters. The molecule has 0 unspecified atom stereocenters. The maximum Gasteiger partial charge on any atom is 0.166 e. The lowest BCUT2D eigenvalue weighted by Crippen LogP contribution is -1.95. The average Bonchev–Trinajstić information content (AvgIpc) is 2.67. The predicted molar refractivity (Wildman–Crippen MR) is 123 cm³/mol. The molecular formula is C18H10Cl8O2. The first-order valence-corrected chi connectivity index (χ1v) is 10.5. The number of hydrogen-bond donors (Lipinski definition) is 0.